The lowest BCUT2D eigenvalue weighted by atomic mass is 9.64. The molecule has 4 aliphatic rings. The summed E-state index contributed by atoms with van der Waals surface area (Å²) in [5.41, 5.74) is 0. The van der Waals surface area contributed by atoms with Gasteiger partial charge in [0.1, 0.15) is 42.9 Å². The van der Waals surface area contributed by atoms with Crippen LogP contribution in [0, 0.1) is 29.6 Å². The van der Waals surface area contributed by atoms with Crippen molar-refractivity contribution in [3.05, 3.63) is 0 Å². The molecular formula is C26H36F10O2. The molecule has 38 heavy (non-hydrogen) atoms. The fourth-order valence-corrected chi connectivity index (χ4v) is 7.49. The molecule has 0 aromatic heterocycles. The third-order valence-electron chi connectivity index (χ3n) is 9.29. The van der Waals surface area contributed by atoms with Gasteiger partial charge in [0.15, 0.2) is 0 Å². The molecule has 4 saturated carbocycles. The summed E-state index contributed by atoms with van der Waals surface area (Å²) in [5, 5.41) is 0. The summed E-state index contributed by atoms with van der Waals surface area (Å²) < 4.78 is 148. The summed E-state index contributed by atoms with van der Waals surface area (Å²) in [6.45, 7) is 0. The van der Waals surface area contributed by atoms with Gasteiger partial charge in [0.25, 0.3) is 0 Å². The third-order valence-corrected chi connectivity index (χ3v) is 9.29. The van der Waals surface area contributed by atoms with E-state index >= 15 is 13.2 Å². The quantitative estimate of drug-likeness (QED) is 0.299. The average Bonchev–Trinajstić information content (AvgIpc) is 2.80. The number of rotatable bonds is 6. The molecule has 7 atom stereocenters. The van der Waals surface area contributed by atoms with Gasteiger partial charge < -0.3 is 4.74 Å². The van der Waals surface area contributed by atoms with E-state index in [1.54, 1.807) is 0 Å². The highest BCUT2D eigenvalue weighted by atomic mass is 19.4. The molecule has 0 aromatic carbocycles. The first kappa shape index (κ1) is 30.2. The number of hydrogen-bond acceptors (Lipinski definition) is 2. The van der Waals surface area contributed by atoms with Gasteiger partial charge >= 0.3 is 12.5 Å². The van der Waals surface area contributed by atoms with Gasteiger partial charge in [0.2, 0.25) is 0 Å². The van der Waals surface area contributed by atoms with Crippen molar-refractivity contribution in [3.8, 4) is 0 Å². The maximum Gasteiger partial charge on any atom is 0.522 e. The van der Waals surface area contributed by atoms with E-state index in [1.165, 1.54) is 6.42 Å². The Balaban J connectivity index is 1.32. The van der Waals surface area contributed by atoms with Gasteiger partial charge in [0.05, 0.1) is 6.10 Å². The van der Waals surface area contributed by atoms with Crippen molar-refractivity contribution in [2.45, 2.75) is 133 Å². The van der Waals surface area contributed by atoms with Gasteiger partial charge in [-0.25, -0.2) is 22.0 Å². The van der Waals surface area contributed by atoms with E-state index in [-0.39, 0.29) is 5.92 Å². The summed E-state index contributed by atoms with van der Waals surface area (Å²) in [7, 11) is 0. The van der Waals surface area contributed by atoms with Crippen LogP contribution in [0.4, 0.5) is 43.9 Å². The van der Waals surface area contributed by atoms with Gasteiger partial charge in [-0.05, 0) is 55.8 Å². The number of ether oxygens (including phenoxy) is 2. The van der Waals surface area contributed by atoms with Crippen molar-refractivity contribution in [3.63, 3.8) is 0 Å². The Morgan fingerprint density at radius 3 is 1.58 bits per heavy atom. The second-order valence-corrected chi connectivity index (χ2v) is 11.8. The molecule has 0 aromatic rings. The lowest BCUT2D eigenvalue weighted by Crippen LogP contribution is -2.53. The summed E-state index contributed by atoms with van der Waals surface area (Å²) in [6, 6.07) is 0. The average molecular weight is 571 g/mol. The van der Waals surface area contributed by atoms with E-state index < -0.39 is 99.0 Å². The molecule has 0 bridgehead atoms. The Bertz CT molecular complexity index is 737. The van der Waals surface area contributed by atoms with Crippen LogP contribution in [0.25, 0.3) is 0 Å². The summed E-state index contributed by atoms with van der Waals surface area (Å²) in [4.78, 5) is 0. The second kappa shape index (κ2) is 12.0. The fraction of sp³-hybridized carbons (Fsp3) is 1.00. The zero-order valence-electron chi connectivity index (χ0n) is 21.0. The SMILES string of the molecule is FC1CC(C2CCCCC2)CCC1C1CC(F)C(C(F)(F)OC2CC(F)C(OC(F)(F)F)C(F)C2)C(F)C1. The van der Waals surface area contributed by atoms with Crippen LogP contribution in [0.1, 0.15) is 77.0 Å². The van der Waals surface area contributed by atoms with E-state index in [0.29, 0.717) is 18.8 Å². The highest BCUT2D eigenvalue weighted by Crippen LogP contribution is 2.50. The van der Waals surface area contributed by atoms with Crippen molar-refractivity contribution in [1.29, 1.82) is 0 Å². The summed E-state index contributed by atoms with van der Waals surface area (Å²) in [5.74, 6) is -3.25. The molecule has 0 saturated heterocycles. The lowest BCUT2D eigenvalue weighted by Gasteiger charge is -2.45. The Kier molecular flexibility index (Phi) is 9.52. The number of halogens is 10. The highest BCUT2D eigenvalue weighted by Gasteiger charge is 2.58. The highest BCUT2D eigenvalue weighted by molar-refractivity contribution is 4.97. The van der Waals surface area contributed by atoms with Gasteiger partial charge in [-0.3, -0.25) is 4.74 Å². The molecule has 0 spiro atoms. The van der Waals surface area contributed by atoms with Crippen molar-refractivity contribution in [2.24, 2.45) is 29.6 Å². The Hall–Kier alpha value is -0.780. The normalized spacial score (nSPS) is 44.2. The van der Waals surface area contributed by atoms with Crippen molar-refractivity contribution >= 4 is 0 Å². The van der Waals surface area contributed by atoms with Crippen molar-refractivity contribution < 1.29 is 53.4 Å². The van der Waals surface area contributed by atoms with Gasteiger partial charge in [-0.15, -0.1) is 13.2 Å². The lowest BCUT2D eigenvalue weighted by molar-refractivity contribution is -0.366. The smallest absolute Gasteiger partial charge is 0.317 e. The van der Waals surface area contributed by atoms with Crippen molar-refractivity contribution in [1.82, 2.24) is 0 Å². The van der Waals surface area contributed by atoms with Crippen LogP contribution in [0.3, 0.4) is 0 Å². The van der Waals surface area contributed by atoms with E-state index in [9.17, 15) is 30.7 Å². The molecule has 0 N–H and O–H groups in total. The minimum Gasteiger partial charge on any atom is -0.317 e. The zero-order valence-corrected chi connectivity index (χ0v) is 21.0. The van der Waals surface area contributed by atoms with Crippen LogP contribution in [0.2, 0.25) is 0 Å². The van der Waals surface area contributed by atoms with Crippen LogP contribution in [0.15, 0.2) is 0 Å². The maximum atomic E-state index is 15.2. The molecule has 0 aliphatic heterocycles. The Morgan fingerprint density at radius 1 is 0.500 bits per heavy atom. The molecule has 12 heteroatoms. The van der Waals surface area contributed by atoms with Crippen LogP contribution in [-0.2, 0) is 9.47 Å². The molecular weight excluding hydrogens is 534 g/mol. The molecule has 0 heterocycles. The topological polar surface area (TPSA) is 18.5 Å². The predicted octanol–water partition coefficient (Wildman–Crippen LogP) is 8.38. The van der Waals surface area contributed by atoms with Gasteiger partial charge in [-0.1, -0.05) is 32.1 Å². The van der Waals surface area contributed by atoms with Crippen LogP contribution in [-0.4, -0.2) is 55.5 Å². The predicted molar refractivity (Wildman–Crippen MR) is 118 cm³/mol. The molecule has 7 unspecified atom stereocenters. The van der Waals surface area contributed by atoms with Crippen molar-refractivity contribution in [2.75, 3.05) is 0 Å². The first-order chi connectivity index (χ1) is 17.7. The second-order valence-electron chi connectivity index (χ2n) is 11.8. The van der Waals surface area contributed by atoms with E-state index in [1.807, 2.05) is 0 Å². The molecule has 0 radical (unpaired) electrons. The maximum absolute atomic E-state index is 15.2. The Morgan fingerprint density at radius 2 is 1.05 bits per heavy atom. The monoisotopic (exact) mass is 570 g/mol. The minimum absolute atomic E-state index is 0.230. The molecule has 222 valence electrons. The molecule has 4 fully saturated rings. The van der Waals surface area contributed by atoms with Crippen LogP contribution in [0.5, 0.6) is 0 Å². The molecule has 4 aliphatic carbocycles. The van der Waals surface area contributed by atoms with Crippen LogP contribution >= 0.6 is 0 Å². The number of hydrogen-bond donors (Lipinski definition) is 0. The third kappa shape index (κ3) is 7.10. The minimum atomic E-state index is -5.33. The molecule has 4 rings (SSSR count). The number of alkyl halides is 10. The molecule has 2 nitrogen and oxygen atoms in total. The van der Waals surface area contributed by atoms with E-state index in [2.05, 4.69) is 9.47 Å². The Labute approximate surface area is 216 Å². The van der Waals surface area contributed by atoms with E-state index in [0.717, 1.165) is 32.1 Å². The summed E-state index contributed by atoms with van der Waals surface area (Å²) >= 11 is 0. The van der Waals surface area contributed by atoms with Gasteiger partial charge in [-0.2, -0.15) is 8.78 Å². The van der Waals surface area contributed by atoms with Gasteiger partial charge in [0, 0.05) is 12.8 Å². The zero-order chi connectivity index (χ0) is 27.8. The first-order valence-electron chi connectivity index (χ1n) is 13.8. The molecule has 0 amide bonds. The standard InChI is InChI=1S/C26H36F10O2/c27-18-8-14(13-4-2-1-3-5-13)6-7-17(18)15-9-19(28)23(20(29)10-15)25(32,33)37-16-11-21(30)24(22(31)12-16)38-26(34,35)36/h13-24H,1-12H2. The largest absolute Gasteiger partial charge is 0.522 e. The van der Waals surface area contributed by atoms with Crippen LogP contribution < -0.4 is 0 Å². The fourth-order valence-electron chi connectivity index (χ4n) is 7.49. The van der Waals surface area contributed by atoms with E-state index in [4.69, 9.17) is 0 Å². The summed E-state index contributed by atoms with van der Waals surface area (Å²) in [6.07, 6.45) is -21.5. The first-order valence-corrected chi connectivity index (χ1v) is 13.8.